The summed E-state index contributed by atoms with van der Waals surface area (Å²) in [4.78, 5) is 21.9. The Balaban J connectivity index is 1.94. The van der Waals surface area contributed by atoms with Crippen LogP contribution >= 0.6 is 0 Å². The third-order valence-electron chi connectivity index (χ3n) is 3.12. The summed E-state index contributed by atoms with van der Waals surface area (Å²) in [5.41, 5.74) is -0.218. The number of nitrogens with one attached hydrogen (secondary N) is 2. The zero-order chi connectivity index (χ0) is 17.0. The van der Waals surface area contributed by atoms with Gasteiger partial charge < -0.3 is 10.6 Å². The fourth-order valence-corrected chi connectivity index (χ4v) is 1.93. The summed E-state index contributed by atoms with van der Waals surface area (Å²) >= 11 is 0. The number of hydrogen-bond acceptors (Lipinski definition) is 7. The van der Waals surface area contributed by atoms with E-state index in [9.17, 15) is 0 Å². The first-order valence-electron chi connectivity index (χ1n) is 7.63. The molecule has 0 saturated heterocycles. The van der Waals surface area contributed by atoms with E-state index in [0.29, 0.717) is 29.4 Å². The molecule has 122 valence electrons. The van der Waals surface area contributed by atoms with Crippen molar-refractivity contribution in [1.82, 2.24) is 24.9 Å². The summed E-state index contributed by atoms with van der Waals surface area (Å²) in [5, 5.41) is 6.22. The van der Waals surface area contributed by atoms with Crippen molar-refractivity contribution in [1.29, 1.82) is 0 Å². The predicted octanol–water partition coefficient (Wildman–Crippen LogP) is 3.45. The van der Waals surface area contributed by atoms with Crippen LogP contribution in [0.5, 0.6) is 0 Å². The normalized spacial score (nSPS) is 11.1. The van der Waals surface area contributed by atoms with Gasteiger partial charge in [0.15, 0.2) is 0 Å². The second kappa shape index (κ2) is 6.57. The van der Waals surface area contributed by atoms with Gasteiger partial charge in [0.25, 0.3) is 0 Å². The third-order valence-corrected chi connectivity index (χ3v) is 3.12. The van der Waals surface area contributed by atoms with Crippen LogP contribution in [0.25, 0.3) is 0 Å². The molecule has 0 amide bonds. The molecule has 3 rings (SSSR count). The molecule has 2 N–H and O–H groups in total. The van der Waals surface area contributed by atoms with Crippen molar-refractivity contribution in [3.05, 3.63) is 54.6 Å². The summed E-state index contributed by atoms with van der Waals surface area (Å²) in [7, 11) is 0. The highest BCUT2D eigenvalue weighted by Crippen LogP contribution is 2.22. The van der Waals surface area contributed by atoms with Gasteiger partial charge in [0.1, 0.15) is 17.5 Å². The van der Waals surface area contributed by atoms with Gasteiger partial charge in [-0.15, -0.1) is 0 Å². The maximum Gasteiger partial charge on any atom is 0.233 e. The van der Waals surface area contributed by atoms with Gasteiger partial charge in [-0.1, -0.05) is 32.9 Å². The molecule has 0 aromatic carbocycles. The monoisotopic (exact) mass is 321 g/mol. The molecule has 3 heterocycles. The van der Waals surface area contributed by atoms with Crippen LogP contribution in [0, 0.1) is 0 Å². The van der Waals surface area contributed by atoms with E-state index in [1.807, 2.05) is 36.4 Å². The van der Waals surface area contributed by atoms with E-state index in [4.69, 9.17) is 0 Å². The zero-order valence-corrected chi connectivity index (χ0v) is 13.9. The zero-order valence-electron chi connectivity index (χ0n) is 13.9. The first kappa shape index (κ1) is 15.8. The molecule has 0 saturated carbocycles. The average Bonchev–Trinajstić information content (AvgIpc) is 2.56. The number of aromatic nitrogens is 5. The van der Waals surface area contributed by atoms with Gasteiger partial charge in [0.05, 0.1) is 0 Å². The number of anilines is 4. The quantitative estimate of drug-likeness (QED) is 0.760. The topological polar surface area (TPSA) is 88.5 Å². The Hall–Kier alpha value is -3.09. The van der Waals surface area contributed by atoms with Gasteiger partial charge in [-0.05, 0) is 24.3 Å². The van der Waals surface area contributed by atoms with Crippen LogP contribution in [-0.4, -0.2) is 24.9 Å². The van der Waals surface area contributed by atoms with E-state index in [2.05, 4.69) is 56.3 Å². The van der Waals surface area contributed by atoms with E-state index in [-0.39, 0.29) is 5.41 Å². The standard InChI is InChI=1S/C17H19N7/c1-17(2,3)14-22-15(20-12-8-4-6-10-18-12)24-16(23-14)21-13-9-5-7-11-19-13/h4-11H,1-3H3,(H2,18,19,20,21,22,23,24). The Labute approximate surface area is 140 Å². The lowest BCUT2D eigenvalue weighted by atomic mass is 9.96. The highest BCUT2D eigenvalue weighted by Gasteiger charge is 2.20. The van der Waals surface area contributed by atoms with Crippen LogP contribution in [0.4, 0.5) is 23.5 Å². The van der Waals surface area contributed by atoms with Crippen molar-refractivity contribution in [2.75, 3.05) is 10.6 Å². The molecule has 7 nitrogen and oxygen atoms in total. The smallest absolute Gasteiger partial charge is 0.233 e. The Morgan fingerprint density at radius 2 is 1.21 bits per heavy atom. The molecule has 0 aliphatic carbocycles. The summed E-state index contributed by atoms with van der Waals surface area (Å²) < 4.78 is 0. The van der Waals surface area contributed by atoms with Crippen molar-refractivity contribution in [3.63, 3.8) is 0 Å². The minimum absolute atomic E-state index is 0.218. The van der Waals surface area contributed by atoms with E-state index in [1.165, 1.54) is 0 Å². The predicted molar refractivity (Wildman–Crippen MR) is 93.6 cm³/mol. The molecule has 0 radical (unpaired) electrons. The molecule has 24 heavy (non-hydrogen) atoms. The average molecular weight is 321 g/mol. The molecule has 0 unspecified atom stereocenters. The molecule has 0 bridgehead atoms. The van der Waals surface area contributed by atoms with Crippen LogP contribution in [0.15, 0.2) is 48.8 Å². The van der Waals surface area contributed by atoms with Gasteiger partial charge in [-0.25, -0.2) is 9.97 Å². The fraction of sp³-hybridized carbons (Fsp3) is 0.235. The van der Waals surface area contributed by atoms with Gasteiger partial charge in [-0.3, -0.25) is 0 Å². The number of rotatable bonds is 4. The number of pyridine rings is 2. The Kier molecular flexibility index (Phi) is 4.33. The molecular weight excluding hydrogens is 302 g/mol. The SMILES string of the molecule is CC(C)(C)c1nc(Nc2ccccn2)nc(Nc2ccccn2)n1. The second-order valence-electron chi connectivity index (χ2n) is 6.24. The molecule has 0 fully saturated rings. The van der Waals surface area contributed by atoms with Crippen molar-refractivity contribution >= 4 is 23.5 Å². The summed E-state index contributed by atoms with van der Waals surface area (Å²) in [6.45, 7) is 6.16. The second-order valence-corrected chi connectivity index (χ2v) is 6.24. The lowest BCUT2D eigenvalue weighted by molar-refractivity contribution is 0.544. The molecule has 3 aromatic heterocycles. The van der Waals surface area contributed by atoms with Crippen LogP contribution in [0.3, 0.4) is 0 Å². The highest BCUT2D eigenvalue weighted by molar-refractivity contribution is 5.52. The molecule has 0 aliphatic rings. The van der Waals surface area contributed by atoms with Gasteiger partial charge >= 0.3 is 0 Å². The van der Waals surface area contributed by atoms with Gasteiger partial charge in [-0.2, -0.15) is 15.0 Å². The molecule has 0 spiro atoms. The highest BCUT2D eigenvalue weighted by atomic mass is 15.2. The molecule has 7 heteroatoms. The van der Waals surface area contributed by atoms with E-state index in [1.54, 1.807) is 12.4 Å². The van der Waals surface area contributed by atoms with Gasteiger partial charge in [0, 0.05) is 17.8 Å². The summed E-state index contributed by atoms with van der Waals surface area (Å²) in [5.74, 6) is 2.90. The van der Waals surface area contributed by atoms with Crippen molar-refractivity contribution in [3.8, 4) is 0 Å². The maximum atomic E-state index is 4.51. The first-order valence-corrected chi connectivity index (χ1v) is 7.63. The Bertz CT molecular complexity index is 738. The van der Waals surface area contributed by atoms with Crippen LogP contribution in [0.1, 0.15) is 26.6 Å². The van der Waals surface area contributed by atoms with Crippen molar-refractivity contribution < 1.29 is 0 Å². The molecule has 0 aliphatic heterocycles. The van der Waals surface area contributed by atoms with E-state index >= 15 is 0 Å². The Morgan fingerprint density at radius 3 is 1.58 bits per heavy atom. The largest absolute Gasteiger partial charge is 0.309 e. The van der Waals surface area contributed by atoms with Crippen LogP contribution in [-0.2, 0) is 5.41 Å². The maximum absolute atomic E-state index is 4.51. The number of hydrogen-bond donors (Lipinski definition) is 2. The Morgan fingerprint density at radius 1 is 0.708 bits per heavy atom. The lowest BCUT2D eigenvalue weighted by Crippen LogP contribution is -2.19. The molecule has 3 aromatic rings. The molecular formula is C17H19N7. The fourth-order valence-electron chi connectivity index (χ4n) is 1.93. The first-order chi connectivity index (χ1) is 11.5. The third kappa shape index (κ3) is 4.01. The molecule has 0 atom stereocenters. The van der Waals surface area contributed by atoms with Crippen molar-refractivity contribution in [2.24, 2.45) is 0 Å². The number of nitrogens with zero attached hydrogens (tertiary/aromatic N) is 5. The van der Waals surface area contributed by atoms with E-state index in [0.717, 1.165) is 0 Å². The van der Waals surface area contributed by atoms with Gasteiger partial charge in [0.2, 0.25) is 11.9 Å². The van der Waals surface area contributed by atoms with Crippen LogP contribution in [0.2, 0.25) is 0 Å². The lowest BCUT2D eigenvalue weighted by Gasteiger charge is -2.18. The summed E-state index contributed by atoms with van der Waals surface area (Å²) in [6.07, 6.45) is 3.42. The minimum atomic E-state index is -0.218. The van der Waals surface area contributed by atoms with E-state index < -0.39 is 0 Å². The minimum Gasteiger partial charge on any atom is -0.309 e. The van der Waals surface area contributed by atoms with Crippen LogP contribution < -0.4 is 10.6 Å². The summed E-state index contributed by atoms with van der Waals surface area (Å²) in [6, 6.07) is 11.2. The van der Waals surface area contributed by atoms with Crippen molar-refractivity contribution in [2.45, 2.75) is 26.2 Å².